The van der Waals surface area contributed by atoms with Crippen LogP contribution >= 0.6 is 11.6 Å². The molecule has 1 unspecified atom stereocenters. The van der Waals surface area contributed by atoms with E-state index in [1.165, 1.54) is 28.2 Å². The van der Waals surface area contributed by atoms with Gasteiger partial charge < -0.3 is 4.90 Å². The molecule has 2 aliphatic heterocycles. The molecule has 25 heavy (non-hydrogen) atoms. The minimum Gasteiger partial charge on any atom is -0.333 e. The van der Waals surface area contributed by atoms with Crippen molar-refractivity contribution in [1.29, 1.82) is 0 Å². The molecule has 1 atom stereocenters. The normalized spacial score (nSPS) is 20.9. The Morgan fingerprint density at radius 3 is 2.72 bits per heavy atom. The summed E-state index contributed by atoms with van der Waals surface area (Å²) in [4.78, 5) is 18.2. The zero-order chi connectivity index (χ0) is 17.6. The average molecular weight is 378 g/mol. The average Bonchev–Trinajstić information content (AvgIpc) is 2.62. The first-order chi connectivity index (χ1) is 12.0. The lowest BCUT2D eigenvalue weighted by Crippen LogP contribution is -2.55. The number of aromatic nitrogens is 1. The number of hydrogen-bond donors (Lipinski definition) is 0. The molecule has 2 aromatic rings. The summed E-state index contributed by atoms with van der Waals surface area (Å²) in [6.07, 6.45) is 2.02. The van der Waals surface area contributed by atoms with Gasteiger partial charge in [-0.25, -0.2) is 13.4 Å². The fraction of sp³-hybridized carbons (Fsp3) is 0.294. The van der Waals surface area contributed by atoms with Crippen molar-refractivity contribution in [1.82, 2.24) is 14.2 Å². The number of halogens is 1. The van der Waals surface area contributed by atoms with Gasteiger partial charge in [0.2, 0.25) is 15.9 Å². The molecule has 0 spiro atoms. The molecule has 0 radical (unpaired) electrons. The number of benzene rings is 1. The third kappa shape index (κ3) is 2.82. The van der Waals surface area contributed by atoms with Crippen LogP contribution in [0.15, 0.2) is 47.5 Å². The van der Waals surface area contributed by atoms with Crippen LogP contribution in [0, 0.1) is 0 Å². The zero-order valence-corrected chi connectivity index (χ0v) is 14.9. The van der Waals surface area contributed by atoms with Gasteiger partial charge in [0.05, 0.1) is 12.6 Å². The van der Waals surface area contributed by atoms with Crippen molar-refractivity contribution in [3.63, 3.8) is 0 Å². The van der Waals surface area contributed by atoms with E-state index in [-0.39, 0.29) is 35.1 Å². The summed E-state index contributed by atoms with van der Waals surface area (Å²) in [6, 6.07) is 10.5. The summed E-state index contributed by atoms with van der Waals surface area (Å²) in [5.41, 5.74) is 2.19. The van der Waals surface area contributed by atoms with Crippen LogP contribution in [0.2, 0.25) is 5.15 Å². The second-order valence-corrected chi connectivity index (χ2v) is 8.49. The molecule has 1 amide bonds. The Balaban J connectivity index is 1.70. The van der Waals surface area contributed by atoms with Gasteiger partial charge in [-0.2, -0.15) is 4.31 Å². The highest BCUT2D eigenvalue weighted by Gasteiger charge is 2.41. The molecule has 0 N–H and O–H groups in total. The number of hydrogen-bond acceptors (Lipinski definition) is 4. The molecule has 130 valence electrons. The van der Waals surface area contributed by atoms with E-state index in [4.69, 9.17) is 11.6 Å². The highest BCUT2D eigenvalue weighted by Crippen LogP contribution is 2.34. The first kappa shape index (κ1) is 16.5. The number of carbonyl (C=O) groups excluding carboxylic acids is 1. The predicted octanol–water partition coefficient (Wildman–Crippen LogP) is 1.87. The molecule has 1 fully saturated rings. The lowest BCUT2D eigenvalue weighted by atomic mass is 9.91. The summed E-state index contributed by atoms with van der Waals surface area (Å²) in [5.74, 6) is -0.170. The molecule has 3 heterocycles. The summed E-state index contributed by atoms with van der Waals surface area (Å²) in [6.45, 7) is 0.717. The number of fused-ring (bicyclic) bond motifs is 3. The summed E-state index contributed by atoms with van der Waals surface area (Å²) >= 11 is 5.74. The fourth-order valence-electron chi connectivity index (χ4n) is 3.49. The van der Waals surface area contributed by atoms with E-state index in [1.807, 2.05) is 24.3 Å². The van der Waals surface area contributed by atoms with Crippen LogP contribution in [0.5, 0.6) is 0 Å². The third-order valence-corrected chi connectivity index (χ3v) is 6.78. The summed E-state index contributed by atoms with van der Waals surface area (Å²) < 4.78 is 27.0. The van der Waals surface area contributed by atoms with Gasteiger partial charge in [-0.3, -0.25) is 4.79 Å². The van der Waals surface area contributed by atoms with Crippen LogP contribution in [0.3, 0.4) is 0 Å². The zero-order valence-electron chi connectivity index (χ0n) is 13.3. The Morgan fingerprint density at radius 2 is 1.96 bits per heavy atom. The molecule has 2 aliphatic rings. The molecule has 1 aromatic heterocycles. The van der Waals surface area contributed by atoms with Gasteiger partial charge in [0, 0.05) is 19.3 Å². The van der Waals surface area contributed by atoms with Crippen molar-refractivity contribution in [2.24, 2.45) is 0 Å². The number of piperazine rings is 1. The lowest BCUT2D eigenvalue weighted by Gasteiger charge is -2.44. The van der Waals surface area contributed by atoms with Gasteiger partial charge in [-0.1, -0.05) is 35.9 Å². The maximum Gasteiger partial charge on any atom is 0.245 e. The van der Waals surface area contributed by atoms with Crippen molar-refractivity contribution in [2.45, 2.75) is 17.4 Å². The van der Waals surface area contributed by atoms with Crippen molar-refractivity contribution in [3.8, 4) is 0 Å². The minimum absolute atomic E-state index is 0.0437. The molecule has 1 saturated heterocycles. The van der Waals surface area contributed by atoms with Crippen LogP contribution in [0.4, 0.5) is 0 Å². The Morgan fingerprint density at radius 1 is 1.16 bits per heavy atom. The largest absolute Gasteiger partial charge is 0.333 e. The molecule has 6 nitrogen and oxygen atoms in total. The molecule has 0 aliphatic carbocycles. The van der Waals surface area contributed by atoms with Gasteiger partial charge in [-0.15, -0.1) is 0 Å². The van der Waals surface area contributed by atoms with Crippen LogP contribution in [-0.4, -0.2) is 48.1 Å². The SMILES string of the molecule is O=C1CN(S(=O)(=O)c2ccc(Cl)nc2)CC2c3ccccc3CCN12. The Bertz CT molecular complexity index is 930. The van der Waals surface area contributed by atoms with Gasteiger partial charge in [0.1, 0.15) is 10.0 Å². The molecule has 0 saturated carbocycles. The van der Waals surface area contributed by atoms with Crippen LogP contribution in [-0.2, 0) is 21.2 Å². The molecule has 1 aromatic carbocycles. The minimum atomic E-state index is -3.80. The van der Waals surface area contributed by atoms with Crippen LogP contribution < -0.4 is 0 Å². The van der Waals surface area contributed by atoms with Crippen LogP contribution in [0.1, 0.15) is 17.2 Å². The van der Waals surface area contributed by atoms with E-state index in [2.05, 4.69) is 4.98 Å². The Kier molecular flexibility index (Phi) is 4.02. The number of amides is 1. The van der Waals surface area contributed by atoms with Crippen molar-refractivity contribution in [2.75, 3.05) is 19.6 Å². The molecule has 8 heteroatoms. The smallest absolute Gasteiger partial charge is 0.245 e. The topological polar surface area (TPSA) is 70.6 Å². The second kappa shape index (κ2) is 6.09. The summed E-state index contributed by atoms with van der Waals surface area (Å²) in [7, 11) is -3.80. The highest BCUT2D eigenvalue weighted by atomic mass is 35.5. The van der Waals surface area contributed by atoms with Crippen molar-refractivity contribution < 1.29 is 13.2 Å². The molecule has 0 bridgehead atoms. The van der Waals surface area contributed by atoms with Gasteiger partial charge in [0.25, 0.3) is 0 Å². The number of pyridine rings is 1. The van der Waals surface area contributed by atoms with E-state index in [0.29, 0.717) is 6.54 Å². The van der Waals surface area contributed by atoms with Gasteiger partial charge >= 0.3 is 0 Å². The predicted molar refractivity (Wildman–Crippen MR) is 92.6 cm³/mol. The summed E-state index contributed by atoms with van der Waals surface area (Å²) in [5, 5.41) is 0.223. The van der Waals surface area contributed by atoms with E-state index in [0.717, 1.165) is 12.0 Å². The first-order valence-electron chi connectivity index (χ1n) is 7.96. The number of nitrogens with zero attached hydrogens (tertiary/aromatic N) is 3. The second-order valence-electron chi connectivity index (χ2n) is 6.17. The van der Waals surface area contributed by atoms with Crippen molar-refractivity contribution in [3.05, 3.63) is 58.9 Å². The van der Waals surface area contributed by atoms with Gasteiger partial charge in [-0.05, 0) is 29.7 Å². The van der Waals surface area contributed by atoms with E-state index in [1.54, 1.807) is 4.90 Å². The standard InChI is InChI=1S/C17H16ClN3O3S/c18-16-6-5-13(9-19-16)25(23,24)20-10-15-14-4-2-1-3-12(14)7-8-21(15)17(22)11-20/h1-6,9,15H,7-8,10-11H2. The molecular formula is C17H16ClN3O3S. The van der Waals surface area contributed by atoms with E-state index in [9.17, 15) is 13.2 Å². The maximum atomic E-state index is 12.9. The van der Waals surface area contributed by atoms with Gasteiger partial charge in [0.15, 0.2) is 0 Å². The molecule has 4 rings (SSSR count). The van der Waals surface area contributed by atoms with E-state index >= 15 is 0 Å². The monoisotopic (exact) mass is 377 g/mol. The first-order valence-corrected chi connectivity index (χ1v) is 9.77. The highest BCUT2D eigenvalue weighted by molar-refractivity contribution is 7.89. The number of rotatable bonds is 2. The van der Waals surface area contributed by atoms with Crippen molar-refractivity contribution >= 4 is 27.5 Å². The van der Waals surface area contributed by atoms with Crippen LogP contribution in [0.25, 0.3) is 0 Å². The maximum absolute atomic E-state index is 12.9. The fourth-order valence-corrected chi connectivity index (χ4v) is 4.95. The third-order valence-electron chi connectivity index (χ3n) is 4.76. The Hall–Kier alpha value is -1.96. The molecular weight excluding hydrogens is 362 g/mol. The van der Waals surface area contributed by atoms with E-state index < -0.39 is 10.0 Å². The quantitative estimate of drug-likeness (QED) is 0.749. The Labute approximate surface area is 151 Å². The lowest BCUT2D eigenvalue weighted by molar-refractivity contribution is -0.138. The number of carbonyl (C=O) groups is 1. The number of sulfonamides is 1.